The number of hydrogen-bond donors (Lipinski definition) is 2. The molecule has 24 heavy (non-hydrogen) atoms. The van der Waals surface area contributed by atoms with Crippen molar-refractivity contribution in [3.05, 3.63) is 34.5 Å². The van der Waals surface area contributed by atoms with Gasteiger partial charge in [-0.15, -0.1) is 0 Å². The van der Waals surface area contributed by atoms with Gasteiger partial charge in [-0.25, -0.2) is 9.97 Å². The zero-order valence-electron chi connectivity index (χ0n) is 14.7. The summed E-state index contributed by atoms with van der Waals surface area (Å²) in [6.07, 6.45) is 1.87. The fourth-order valence-corrected chi connectivity index (χ4v) is 3.00. The zero-order valence-corrected chi connectivity index (χ0v) is 14.7. The number of nitrogens with one attached hydrogen (secondary N) is 2. The molecule has 2 aromatic rings. The van der Waals surface area contributed by atoms with Crippen molar-refractivity contribution in [3.8, 4) is 0 Å². The van der Waals surface area contributed by atoms with Gasteiger partial charge in [-0.1, -0.05) is 0 Å². The lowest BCUT2D eigenvalue weighted by Crippen LogP contribution is -2.16. The van der Waals surface area contributed by atoms with Gasteiger partial charge in [0.25, 0.3) is 0 Å². The highest BCUT2D eigenvalue weighted by Crippen LogP contribution is 2.21. The average Bonchev–Trinajstić information content (AvgIpc) is 2.76. The van der Waals surface area contributed by atoms with Crippen LogP contribution < -0.4 is 10.6 Å². The molecule has 0 saturated heterocycles. The maximum atomic E-state index is 5.50. The monoisotopic (exact) mass is 330 g/mol. The maximum absolute atomic E-state index is 5.50. The van der Waals surface area contributed by atoms with E-state index in [0.717, 1.165) is 54.7 Å². The summed E-state index contributed by atoms with van der Waals surface area (Å²) in [6.45, 7) is 7.72. The van der Waals surface area contributed by atoms with Crippen molar-refractivity contribution in [2.24, 2.45) is 7.05 Å². The number of aryl methyl sites for hydroxylation is 2. The van der Waals surface area contributed by atoms with Crippen LogP contribution in [0.2, 0.25) is 0 Å². The van der Waals surface area contributed by atoms with E-state index < -0.39 is 0 Å². The first-order valence-corrected chi connectivity index (χ1v) is 8.58. The fourth-order valence-electron chi connectivity index (χ4n) is 3.00. The molecule has 3 heterocycles. The summed E-state index contributed by atoms with van der Waals surface area (Å²) in [7, 11) is 1.97. The van der Waals surface area contributed by atoms with Gasteiger partial charge >= 0.3 is 0 Å². The van der Waals surface area contributed by atoms with Crippen molar-refractivity contribution in [2.75, 3.05) is 25.0 Å². The second kappa shape index (κ2) is 7.72. The predicted molar refractivity (Wildman–Crippen MR) is 92.9 cm³/mol. The molecule has 130 valence electrons. The topological polar surface area (TPSA) is 76.9 Å². The normalized spacial score (nSPS) is 14.3. The summed E-state index contributed by atoms with van der Waals surface area (Å²) in [4.78, 5) is 9.43. The van der Waals surface area contributed by atoms with E-state index in [1.54, 1.807) is 0 Å². The molecule has 3 rings (SSSR count). The Morgan fingerprint density at radius 3 is 2.88 bits per heavy atom. The van der Waals surface area contributed by atoms with Gasteiger partial charge in [-0.05, 0) is 32.9 Å². The van der Waals surface area contributed by atoms with E-state index in [4.69, 9.17) is 14.7 Å². The first kappa shape index (κ1) is 16.9. The Bertz CT molecular complexity index is 697. The molecule has 0 bridgehead atoms. The first-order chi connectivity index (χ1) is 11.7. The minimum Gasteiger partial charge on any atom is -0.374 e. The van der Waals surface area contributed by atoms with Crippen molar-refractivity contribution in [1.29, 1.82) is 0 Å². The van der Waals surface area contributed by atoms with Gasteiger partial charge < -0.3 is 15.4 Å². The van der Waals surface area contributed by atoms with E-state index in [2.05, 4.69) is 21.8 Å². The Kier molecular flexibility index (Phi) is 5.42. The van der Waals surface area contributed by atoms with Crippen LogP contribution in [0.1, 0.15) is 35.4 Å². The molecule has 2 aromatic heterocycles. The first-order valence-electron chi connectivity index (χ1n) is 8.58. The molecule has 0 aromatic carbocycles. The molecule has 7 nitrogen and oxygen atoms in total. The van der Waals surface area contributed by atoms with Gasteiger partial charge in [0.15, 0.2) is 5.82 Å². The fraction of sp³-hybridized carbons (Fsp3) is 0.588. The zero-order chi connectivity index (χ0) is 16.9. The Hall–Kier alpha value is -1.99. The molecule has 0 aliphatic carbocycles. The van der Waals surface area contributed by atoms with Crippen LogP contribution in [0.15, 0.2) is 6.07 Å². The van der Waals surface area contributed by atoms with Gasteiger partial charge in [0.05, 0.1) is 23.6 Å². The number of nitrogens with zero attached hydrogens (tertiary/aromatic N) is 4. The van der Waals surface area contributed by atoms with E-state index >= 15 is 0 Å². The Morgan fingerprint density at radius 1 is 1.29 bits per heavy atom. The van der Waals surface area contributed by atoms with Crippen molar-refractivity contribution in [2.45, 2.75) is 39.8 Å². The van der Waals surface area contributed by atoms with Crippen LogP contribution in [0.25, 0.3) is 0 Å². The quantitative estimate of drug-likeness (QED) is 0.833. The maximum Gasteiger partial charge on any atom is 0.156 e. The van der Waals surface area contributed by atoms with Crippen molar-refractivity contribution < 1.29 is 4.74 Å². The average molecular weight is 330 g/mol. The van der Waals surface area contributed by atoms with E-state index in [1.165, 1.54) is 5.56 Å². The lowest BCUT2D eigenvalue weighted by atomic mass is 10.1. The summed E-state index contributed by atoms with van der Waals surface area (Å²) < 4.78 is 7.41. The number of aromatic nitrogens is 4. The van der Waals surface area contributed by atoms with E-state index in [9.17, 15) is 0 Å². The van der Waals surface area contributed by atoms with Gasteiger partial charge in [-0.2, -0.15) is 5.10 Å². The standard InChI is InChI=1S/C17H26N6O/c1-4-24-11-16-20-15-6-8-18-7-5-14(15)17(21-16)19-10-13-9-12(2)22-23(13)3/h9,18H,4-8,10-11H2,1-3H3,(H,19,20,21). The van der Waals surface area contributed by atoms with Crippen molar-refractivity contribution >= 4 is 5.82 Å². The molecule has 0 spiro atoms. The van der Waals surface area contributed by atoms with E-state index in [-0.39, 0.29) is 0 Å². The van der Waals surface area contributed by atoms with Crippen LogP contribution in [0.5, 0.6) is 0 Å². The number of ether oxygens (including phenoxy) is 1. The van der Waals surface area contributed by atoms with Crippen LogP contribution in [-0.4, -0.2) is 39.4 Å². The molecule has 0 unspecified atom stereocenters. The molecule has 0 atom stereocenters. The minimum atomic E-state index is 0.455. The molecule has 0 radical (unpaired) electrons. The number of anilines is 1. The molecule has 2 N–H and O–H groups in total. The second-order valence-corrected chi connectivity index (χ2v) is 6.06. The summed E-state index contributed by atoms with van der Waals surface area (Å²) in [6, 6.07) is 2.09. The predicted octanol–water partition coefficient (Wildman–Crippen LogP) is 1.36. The van der Waals surface area contributed by atoms with Crippen LogP contribution in [-0.2, 0) is 37.8 Å². The van der Waals surface area contributed by atoms with Crippen molar-refractivity contribution in [3.63, 3.8) is 0 Å². The van der Waals surface area contributed by atoms with Gasteiger partial charge in [-0.3, -0.25) is 4.68 Å². The molecular weight excluding hydrogens is 304 g/mol. The van der Waals surface area contributed by atoms with Gasteiger partial charge in [0.1, 0.15) is 12.4 Å². The molecular formula is C17H26N6O. The minimum absolute atomic E-state index is 0.455. The highest BCUT2D eigenvalue weighted by atomic mass is 16.5. The van der Waals surface area contributed by atoms with Crippen LogP contribution in [0.3, 0.4) is 0 Å². The van der Waals surface area contributed by atoms with Gasteiger partial charge in [0, 0.05) is 32.2 Å². The summed E-state index contributed by atoms with van der Waals surface area (Å²) in [5, 5.41) is 11.3. The number of fused-ring (bicyclic) bond motifs is 1. The molecule has 0 amide bonds. The Balaban J connectivity index is 1.84. The highest BCUT2D eigenvalue weighted by molar-refractivity contribution is 5.48. The number of hydrogen-bond acceptors (Lipinski definition) is 6. The van der Waals surface area contributed by atoms with Gasteiger partial charge in [0.2, 0.25) is 0 Å². The largest absolute Gasteiger partial charge is 0.374 e. The van der Waals surface area contributed by atoms with E-state index in [0.29, 0.717) is 19.8 Å². The number of rotatable bonds is 6. The third-order valence-corrected chi connectivity index (χ3v) is 4.20. The summed E-state index contributed by atoms with van der Waals surface area (Å²) >= 11 is 0. The van der Waals surface area contributed by atoms with Crippen LogP contribution in [0, 0.1) is 6.92 Å². The SMILES string of the molecule is CCOCc1nc2c(c(NCc3cc(C)nn3C)n1)CCNCC2. The summed E-state index contributed by atoms with van der Waals surface area (Å²) in [5.74, 6) is 1.68. The third-order valence-electron chi connectivity index (χ3n) is 4.20. The van der Waals surface area contributed by atoms with Crippen molar-refractivity contribution in [1.82, 2.24) is 25.1 Å². The molecule has 0 fully saturated rings. The smallest absolute Gasteiger partial charge is 0.156 e. The highest BCUT2D eigenvalue weighted by Gasteiger charge is 2.17. The lowest BCUT2D eigenvalue weighted by Gasteiger charge is -2.15. The molecule has 1 aliphatic heterocycles. The Morgan fingerprint density at radius 2 is 2.12 bits per heavy atom. The second-order valence-electron chi connectivity index (χ2n) is 6.06. The van der Waals surface area contributed by atoms with Crippen LogP contribution in [0.4, 0.5) is 5.82 Å². The summed E-state index contributed by atoms with van der Waals surface area (Å²) in [5.41, 5.74) is 4.52. The lowest BCUT2D eigenvalue weighted by molar-refractivity contribution is 0.128. The Labute approximate surface area is 142 Å². The third kappa shape index (κ3) is 3.91. The van der Waals surface area contributed by atoms with E-state index in [1.807, 2.05) is 25.6 Å². The molecule has 1 aliphatic rings. The van der Waals surface area contributed by atoms with Crippen LogP contribution >= 0.6 is 0 Å². The molecule has 7 heteroatoms. The molecule has 0 saturated carbocycles.